The van der Waals surface area contributed by atoms with Crippen LogP contribution in [0.15, 0.2) is 140 Å². The maximum Gasteiger partial charge on any atom is 0.149 e. The van der Waals surface area contributed by atoms with Crippen LogP contribution < -0.4 is 0 Å². The predicted molar refractivity (Wildman–Crippen MR) is 286 cm³/mol. The smallest absolute Gasteiger partial charge is 0.149 e. The summed E-state index contributed by atoms with van der Waals surface area (Å²) in [6.07, 6.45) is -0.0680. The van der Waals surface area contributed by atoms with E-state index in [0.717, 1.165) is 61.2 Å². The number of nitrogens with zero attached hydrogens (tertiary/aromatic N) is 3. The van der Waals surface area contributed by atoms with Crippen molar-refractivity contribution in [2.75, 3.05) is 0 Å². The Labute approximate surface area is 406 Å². The second kappa shape index (κ2) is 17.1. The van der Waals surface area contributed by atoms with Gasteiger partial charge in [0.1, 0.15) is 11.6 Å². The third-order valence-corrected chi connectivity index (χ3v) is 12.6. The molecule has 4 heteroatoms. The zero-order valence-electron chi connectivity index (χ0n) is 46.4. The zero-order valence-corrected chi connectivity index (χ0v) is 42.4. The summed E-state index contributed by atoms with van der Waals surface area (Å²) in [5.74, 6) is 0.834. The highest BCUT2D eigenvalue weighted by molar-refractivity contribution is 5.98. The summed E-state index contributed by atoms with van der Waals surface area (Å²) >= 11 is 0. The van der Waals surface area contributed by atoms with E-state index >= 15 is 0 Å². The van der Waals surface area contributed by atoms with Crippen molar-refractivity contribution in [1.82, 2.24) is 14.5 Å². The monoisotopic (exact) mass is 890 g/mol. The molecule has 0 aliphatic rings. The average molecular weight is 890 g/mol. The topological polar surface area (TPSA) is 50.9 Å². The number of fused-ring (bicyclic) bond motifs is 1. The fraction of sp³-hybridized carbons (Fsp3) is 0.333. The summed E-state index contributed by atoms with van der Waals surface area (Å²) in [4.78, 5) is 10.5. The molecule has 0 fully saturated rings. The first-order valence-electron chi connectivity index (χ1n) is 25.7. The van der Waals surface area contributed by atoms with Crippen LogP contribution in [0, 0.1) is 5.41 Å². The van der Waals surface area contributed by atoms with Crippen LogP contribution in [0.1, 0.15) is 137 Å². The van der Waals surface area contributed by atoms with Crippen LogP contribution in [0.2, 0.25) is 0 Å². The number of imidazole rings is 1. The van der Waals surface area contributed by atoms with Crippen molar-refractivity contribution in [3.63, 3.8) is 0 Å². The summed E-state index contributed by atoms with van der Waals surface area (Å²) < 4.78 is 38.6. The highest BCUT2D eigenvalue weighted by atomic mass is 16.3. The van der Waals surface area contributed by atoms with Crippen LogP contribution in [0.4, 0.5) is 0 Å². The van der Waals surface area contributed by atoms with E-state index in [1.54, 1.807) is 12.1 Å². The number of phenols is 1. The molecule has 8 rings (SSSR count). The molecule has 2 heterocycles. The van der Waals surface area contributed by atoms with Gasteiger partial charge in [-0.2, -0.15) is 0 Å². The Hall–Kier alpha value is -6.26. The number of phenolic OH excluding ortho intramolecular Hbond substituents is 1. The number of aromatic nitrogens is 3. The Morgan fingerprint density at radius 2 is 1.16 bits per heavy atom. The molecule has 4 nitrogen and oxygen atoms in total. The lowest BCUT2D eigenvalue weighted by atomic mass is 9.79. The number of hydrogen-bond acceptors (Lipinski definition) is 3. The summed E-state index contributed by atoms with van der Waals surface area (Å²) in [5, 5.41) is 12.6. The molecule has 0 saturated heterocycles. The number of rotatable bonds is 7. The van der Waals surface area contributed by atoms with Gasteiger partial charge in [-0.25, -0.2) is 4.98 Å². The lowest BCUT2D eigenvalue weighted by molar-refractivity contribution is 0.411. The Bertz CT molecular complexity index is 3310. The normalized spacial score (nSPS) is 13.9. The molecule has 1 N–H and O–H groups in total. The lowest BCUT2D eigenvalue weighted by Gasteiger charge is -2.28. The van der Waals surface area contributed by atoms with Crippen LogP contribution in [-0.2, 0) is 28.0 Å². The molecular weight excluding hydrogens is 815 g/mol. The van der Waals surface area contributed by atoms with E-state index in [1.807, 2.05) is 39.0 Å². The largest absolute Gasteiger partial charge is 0.507 e. The number of benzene rings is 6. The number of aromatic hydroxyl groups is 1. The Balaban J connectivity index is 1.43. The summed E-state index contributed by atoms with van der Waals surface area (Å²) in [6.45, 7) is 31.9. The Morgan fingerprint density at radius 1 is 0.537 bits per heavy atom. The van der Waals surface area contributed by atoms with Crippen LogP contribution in [0.3, 0.4) is 0 Å². The van der Waals surface area contributed by atoms with Crippen LogP contribution in [0.25, 0.3) is 72.7 Å². The Morgan fingerprint density at radius 3 is 1.79 bits per heavy atom. The molecule has 8 aromatic rings. The minimum atomic E-state index is -1.58. The average Bonchev–Trinajstić information content (AvgIpc) is 3.67. The molecule has 0 aliphatic carbocycles. The van der Waals surface area contributed by atoms with Gasteiger partial charge in [0, 0.05) is 31.2 Å². The van der Waals surface area contributed by atoms with Crippen molar-refractivity contribution in [3.05, 3.63) is 167 Å². The molecule has 2 aromatic heterocycles. The van der Waals surface area contributed by atoms with Gasteiger partial charge >= 0.3 is 0 Å². The van der Waals surface area contributed by atoms with Gasteiger partial charge in [0.25, 0.3) is 0 Å². The van der Waals surface area contributed by atoms with Crippen LogP contribution >= 0.6 is 0 Å². The molecule has 0 saturated carbocycles. The first kappa shape index (κ1) is 42.1. The van der Waals surface area contributed by atoms with E-state index in [1.165, 1.54) is 11.8 Å². The molecule has 0 amide bonds. The third-order valence-electron chi connectivity index (χ3n) is 12.6. The second-order valence-electron chi connectivity index (χ2n) is 23.5. The van der Waals surface area contributed by atoms with Crippen molar-refractivity contribution in [2.24, 2.45) is 5.41 Å². The number of hydrogen-bond donors (Lipinski definition) is 1. The molecular formula is C63H71N3O. The highest BCUT2D eigenvalue weighted by Gasteiger charge is 2.30. The summed E-state index contributed by atoms with van der Waals surface area (Å²) in [5.41, 5.74) is 12.5. The van der Waals surface area contributed by atoms with Crippen molar-refractivity contribution in [1.29, 1.82) is 0 Å². The number of para-hydroxylation sites is 1. The minimum absolute atomic E-state index is 0.116. The predicted octanol–water partition coefficient (Wildman–Crippen LogP) is 17.2. The molecule has 0 unspecified atom stereocenters. The van der Waals surface area contributed by atoms with Gasteiger partial charge in [0.2, 0.25) is 0 Å². The maximum absolute atomic E-state index is 12.6. The fourth-order valence-electron chi connectivity index (χ4n) is 8.77. The van der Waals surface area contributed by atoms with Crippen molar-refractivity contribution < 1.29 is 10.6 Å². The van der Waals surface area contributed by atoms with E-state index in [0.29, 0.717) is 33.8 Å². The Kier molecular flexibility index (Phi) is 10.8. The molecule has 6 aromatic carbocycles. The van der Waals surface area contributed by atoms with Crippen LogP contribution in [-0.4, -0.2) is 19.6 Å². The van der Waals surface area contributed by atoms with Gasteiger partial charge in [-0.1, -0.05) is 189 Å². The maximum atomic E-state index is 12.6. The number of pyridine rings is 1. The van der Waals surface area contributed by atoms with Gasteiger partial charge in [-0.05, 0) is 126 Å². The standard InChI is InChI=1S/C63H71N3O/c1-59(2,3)39-40-24-26-41(27-25-40)43-30-31-64-53(35-43)45-32-44(33-47(34-45)61(7,8)9)49-22-19-23-55-56(49)65-58(51-37-48(62(10,11)12)38-52(57(51)67)63(13,14)15)66(55)54-29-28-46(60(4,5)6)36-50(54)42-20-17-16-18-21-42/h16-38,67H,39H2,1-15H3/i30D,35D,39D2. The van der Waals surface area contributed by atoms with Gasteiger partial charge < -0.3 is 5.11 Å². The third kappa shape index (κ3) is 9.91. The van der Waals surface area contributed by atoms with Gasteiger partial charge in [0.05, 0.1) is 30.7 Å². The van der Waals surface area contributed by atoms with E-state index in [9.17, 15) is 6.48 Å². The molecule has 0 spiro atoms. The van der Waals surface area contributed by atoms with Crippen molar-refractivity contribution >= 4 is 11.0 Å². The zero-order chi connectivity index (χ0) is 52.0. The molecule has 0 bridgehead atoms. The van der Waals surface area contributed by atoms with Crippen molar-refractivity contribution in [3.8, 4) is 67.5 Å². The van der Waals surface area contributed by atoms with Gasteiger partial charge in [0.15, 0.2) is 0 Å². The fourth-order valence-corrected chi connectivity index (χ4v) is 8.77. The summed E-state index contributed by atoms with van der Waals surface area (Å²) in [6, 6.07) is 41.6. The quantitative estimate of drug-likeness (QED) is 0.173. The van der Waals surface area contributed by atoms with E-state index < -0.39 is 11.8 Å². The minimum Gasteiger partial charge on any atom is -0.507 e. The molecule has 344 valence electrons. The molecule has 0 radical (unpaired) electrons. The molecule has 67 heavy (non-hydrogen) atoms. The summed E-state index contributed by atoms with van der Waals surface area (Å²) in [7, 11) is 0. The first-order chi connectivity index (χ1) is 32.9. The molecule has 0 aliphatic heterocycles. The second-order valence-corrected chi connectivity index (χ2v) is 23.5. The van der Waals surface area contributed by atoms with Gasteiger partial charge in [-0.15, -0.1) is 0 Å². The van der Waals surface area contributed by atoms with E-state index in [-0.39, 0.29) is 39.5 Å². The highest BCUT2D eigenvalue weighted by Crippen LogP contribution is 2.46. The van der Waals surface area contributed by atoms with E-state index in [4.69, 9.17) is 14.1 Å². The molecule has 0 atom stereocenters. The van der Waals surface area contributed by atoms with Gasteiger partial charge in [-0.3, -0.25) is 9.55 Å². The van der Waals surface area contributed by atoms with Crippen LogP contribution in [0.5, 0.6) is 5.75 Å². The lowest BCUT2D eigenvalue weighted by Crippen LogP contribution is -2.17. The first-order valence-corrected chi connectivity index (χ1v) is 23.7. The van der Waals surface area contributed by atoms with E-state index in [2.05, 4.69) is 179 Å². The van der Waals surface area contributed by atoms with Crippen molar-refractivity contribution in [2.45, 2.75) is 132 Å². The SMILES string of the molecule is [2H]c1cnc(-c2cc(-c3cccc4c3nc(-c3cc(C(C)(C)C)cc(C(C)(C)C)c3O)n4-c3ccc(C(C)(C)C)cc3-c3ccccc3)cc(C(C)(C)C)c2)c([2H])c1-c1ccc(C([2H])([2H])C(C)(C)C)cc1.